The van der Waals surface area contributed by atoms with Gasteiger partial charge in [-0.2, -0.15) is 0 Å². The maximum absolute atomic E-state index is 13.8. The second-order valence-electron chi connectivity index (χ2n) is 9.29. The van der Waals surface area contributed by atoms with E-state index in [2.05, 4.69) is 20.8 Å². The van der Waals surface area contributed by atoms with E-state index >= 15 is 0 Å². The molecule has 5 N–H and O–H groups in total. The van der Waals surface area contributed by atoms with Crippen molar-refractivity contribution in [3.8, 4) is 5.75 Å². The lowest BCUT2D eigenvalue weighted by atomic mass is 9.99. The number of furan rings is 1. The number of rotatable bonds is 9. The zero-order valence-electron chi connectivity index (χ0n) is 22.2. The van der Waals surface area contributed by atoms with E-state index in [1.165, 1.54) is 40.5 Å². The van der Waals surface area contributed by atoms with Gasteiger partial charge in [-0.15, -0.1) is 16.9 Å². The summed E-state index contributed by atoms with van der Waals surface area (Å²) in [6.07, 6.45) is 2.20. The number of nitrogens with zero attached hydrogens (tertiary/aromatic N) is 6. The molecule has 16 nitrogen and oxygen atoms in total. The van der Waals surface area contributed by atoms with Gasteiger partial charge >= 0.3 is 12.0 Å². The number of imide groups is 1. The number of urea groups is 1. The van der Waals surface area contributed by atoms with Gasteiger partial charge in [0.15, 0.2) is 5.75 Å². The summed E-state index contributed by atoms with van der Waals surface area (Å²) in [6, 6.07) is -0.922. The molecule has 230 valence electrons. The van der Waals surface area contributed by atoms with Gasteiger partial charge in [-0.05, 0) is 39.8 Å². The van der Waals surface area contributed by atoms with Crippen molar-refractivity contribution in [3.63, 3.8) is 0 Å². The fraction of sp³-hybridized carbons (Fsp3) is 0.250. The number of β-lactam (4-membered cyclic amide) rings is 1. The van der Waals surface area contributed by atoms with Crippen LogP contribution in [0.25, 0.3) is 0 Å². The monoisotopic (exact) mass is 682 g/mol. The molecule has 3 atom stereocenters. The summed E-state index contributed by atoms with van der Waals surface area (Å²) < 4.78 is 6.34. The van der Waals surface area contributed by atoms with Gasteiger partial charge < -0.3 is 25.7 Å². The molecule has 0 saturated carbocycles. The number of primary amides is 1. The smallest absolute Gasteiger partial charge is 0.352 e. The summed E-state index contributed by atoms with van der Waals surface area (Å²) in [7, 11) is 1.63. The summed E-state index contributed by atoms with van der Waals surface area (Å²) in [6.45, 7) is 0. The number of phenolic OH excluding ortho intramolecular Hbond substituents is 1. The fourth-order valence-corrected chi connectivity index (χ4v) is 7.39. The van der Waals surface area contributed by atoms with Crippen LogP contribution in [0.4, 0.5) is 4.79 Å². The minimum absolute atomic E-state index is 0.116. The minimum atomic E-state index is -1.82. The van der Waals surface area contributed by atoms with Crippen LogP contribution in [0, 0.1) is 0 Å². The molecule has 5 amide bonds. The molecule has 20 heteroatoms. The Morgan fingerprint density at radius 1 is 1.30 bits per heavy atom. The number of carboxylic acids is 1. The number of carbonyl (C=O) groups is 5. The first-order valence-corrected chi connectivity index (χ1v) is 15.1. The molecule has 1 unspecified atom stereocenters. The van der Waals surface area contributed by atoms with Crippen molar-refractivity contribution in [1.29, 1.82) is 0 Å². The van der Waals surface area contributed by atoms with Crippen LogP contribution in [0.1, 0.15) is 22.0 Å². The van der Waals surface area contributed by atoms with Crippen LogP contribution in [-0.4, -0.2) is 92.9 Å². The Morgan fingerprint density at radius 3 is 2.57 bits per heavy atom. The number of thioether (sulfide) groups is 2. The Labute approximate surface area is 265 Å². The molecule has 3 aromatic rings. The summed E-state index contributed by atoms with van der Waals surface area (Å²) in [5.41, 5.74) is 5.53. The van der Waals surface area contributed by atoms with Crippen molar-refractivity contribution < 1.29 is 38.6 Å². The van der Waals surface area contributed by atoms with E-state index < -0.39 is 52.9 Å². The van der Waals surface area contributed by atoms with Crippen molar-refractivity contribution in [2.75, 3.05) is 11.5 Å². The Morgan fingerprint density at radius 2 is 2.00 bits per heavy atom. The van der Waals surface area contributed by atoms with Gasteiger partial charge in [-0.25, -0.2) is 19.2 Å². The number of carboxylic acid groups (broad SMARTS) is 1. The highest BCUT2D eigenvalue weighted by Gasteiger charge is 2.55. The summed E-state index contributed by atoms with van der Waals surface area (Å²) in [5, 5.41) is 32.7. The van der Waals surface area contributed by atoms with Gasteiger partial charge in [0.25, 0.3) is 11.8 Å². The SMILES string of the molecule is Cn1nnnc1SCC1=C(C(=O)O)N2C(=O)[C@H](NC(=O)C(c3cc(Cl)c(O)c(Cl)c3)N(C(N)=O)C(=O)c3ccoc3)[C@@H]2SC1. The molecule has 4 heterocycles. The number of nitrogens with one attached hydrogen (secondary N) is 1. The Kier molecular flexibility index (Phi) is 8.78. The number of fused-ring (bicyclic) bond motifs is 1. The number of aromatic hydroxyl groups is 1. The summed E-state index contributed by atoms with van der Waals surface area (Å²) in [5.74, 6) is -4.24. The molecular formula is C24H20Cl2N8O8S2. The first kappa shape index (κ1) is 31.2. The third kappa shape index (κ3) is 5.68. The second-order valence-corrected chi connectivity index (χ2v) is 12.2. The van der Waals surface area contributed by atoms with Gasteiger partial charge in [0, 0.05) is 18.6 Å². The number of halogens is 2. The molecule has 0 spiro atoms. The number of carbonyl (C=O) groups excluding carboxylic acids is 4. The first-order valence-electron chi connectivity index (χ1n) is 12.3. The molecule has 0 radical (unpaired) electrons. The van der Waals surface area contributed by atoms with E-state index in [4.69, 9.17) is 33.4 Å². The first-order chi connectivity index (χ1) is 20.9. The van der Waals surface area contributed by atoms with Crippen molar-refractivity contribution >= 4 is 76.4 Å². The lowest BCUT2D eigenvalue weighted by Crippen LogP contribution is -2.71. The number of aliphatic carboxylic acids is 1. The topological polar surface area (TPSA) is 227 Å². The van der Waals surface area contributed by atoms with Crippen molar-refractivity contribution in [2.24, 2.45) is 12.8 Å². The number of aryl methyl sites for hydroxylation is 1. The van der Waals surface area contributed by atoms with E-state index in [0.717, 1.165) is 23.3 Å². The lowest BCUT2D eigenvalue weighted by Gasteiger charge is -2.49. The second kappa shape index (κ2) is 12.4. The molecule has 2 aliphatic heterocycles. The average molecular weight is 684 g/mol. The minimum Gasteiger partial charge on any atom is -0.505 e. The number of amides is 5. The van der Waals surface area contributed by atoms with Gasteiger partial charge in [0.05, 0.1) is 21.9 Å². The molecule has 1 saturated heterocycles. The largest absolute Gasteiger partial charge is 0.505 e. The van der Waals surface area contributed by atoms with E-state index in [1.54, 1.807) is 7.05 Å². The molecule has 0 bridgehead atoms. The molecule has 5 rings (SSSR count). The number of benzene rings is 1. The van der Waals surface area contributed by atoms with Crippen LogP contribution in [0.2, 0.25) is 10.0 Å². The van der Waals surface area contributed by atoms with E-state index in [9.17, 15) is 34.2 Å². The lowest BCUT2D eigenvalue weighted by molar-refractivity contribution is -0.151. The van der Waals surface area contributed by atoms with E-state index in [0.29, 0.717) is 15.6 Å². The van der Waals surface area contributed by atoms with Crippen LogP contribution in [0.5, 0.6) is 5.75 Å². The third-order valence-corrected chi connectivity index (χ3v) is 9.60. The van der Waals surface area contributed by atoms with Crippen LogP contribution >= 0.6 is 46.7 Å². The van der Waals surface area contributed by atoms with Crippen molar-refractivity contribution in [3.05, 3.63) is 63.2 Å². The standard InChI is InChI=1S/C24H20Cl2N8O8S2/c1-32-24(29-30-31-32)44-8-11-7-43-21-14(20(38)33(21)16(11)22(39)40)28-18(36)15(10-4-12(25)17(35)13(26)5-10)34(23(27)41)19(37)9-2-3-42-6-9/h2-6,14-15,21,35H,7-8H2,1H3,(H2,27,41)(H,28,36)(H,39,40)/t14-,15?,21-/m0/s1. The maximum atomic E-state index is 13.8. The molecular weight excluding hydrogens is 663 g/mol. The number of aromatic nitrogens is 4. The normalized spacial score (nSPS) is 18.3. The Balaban J connectivity index is 1.43. The zero-order chi connectivity index (χ0) is 31.9. The van der Waals surface area contributed by atoms with Gasteiger partial charge in [0.1, 0.15) is 29.4 Å². The molecule has 2 aliphatic rings. The fourth-order valence-electron chi connectivity index (χ4n) is 4.55. The molecule has 44 heavy (non-hydrogen) atoms. The Hall–Kier alpha value is -4.26. The van der Waals surface area contributed by atoms with E-state index in [1.807, 2.05) is 0 Å². The summed E-state index contributed by atoms with van der Waals surface area (Å²) >= 11 is 14.6. The van der Waals surface area contributed by atoms with Crippen molar-refractivity contribution in [2.45, 2.75) is 22.6 Å². The van der Waals surface area contributed by atoms with E-state index in [-0.39, 0.29) is 38.4 Å². The summed E-state index contributed by atoms with van der Waals surface area (Å²) in [4.78, 5) is 66.8. The highest BCUT2D eigenvalue weighted by atomic mass is 35.5. The van der Waals surface area contributed by atoms with Gasteiger partial charge in [-0.1, -0.05) is 35.0 Å². The number of nitrogens with two attached hydrogens (primary N) is 1. The van der Waals surface area contributed by atoms with Gasteiger partial charge in [0.2, 0.25) is 11.1 Å². The third-order valence-electron chi connectivity index (χ3n) is 6.59. The average Bonchev–Trinajstić information content (AvgIpc) is 3.66. The zero-order valence-corrected chi connectivity index (χ0v) is 25.4. The molecule has 2 aromatic heterocycles. The molecule has 1 fully saturated rings. The number of tetrazole rings is 1. The van der Waals surface area contributed by atoms with Crippen LogP contribution in [-0.2, 0) is 21.4 Å². The predicted molar refractivity (Wildman–Crippen MR) is 155 cm³/mol. The van der Waals surface area contributed by atoms with Crippen LogP contribution in [0.15, 0.2) is 51.6 Å². The van der Waals surface area contributed by atoms with Crippen molar-refractivity contribution in [1.82, 2.24) is 35.3 Å². The molecule has 0 aliphatic carbocycles. The highest BCUT2D eigenvalue weighted by molar-refractivity contribution is 8.01. The van der Waals surface area contributed by atoms with Crippen LogP contribution < -0.4 is 11.1 Å². The molecule has 1 aromatic carbocycles. The number of phenols is 1. The quantitative estimate of drug-likeness (QED) is 0.186. The number of hydrogen-bond donors (Lipinski definition) is 4. The highest BCUT2D eigenvalue weighted by Crippen LogP contribution is 2.42. The number of hydrogen-bond acceptors (Lipinski definition) is 12. The Bertz CT molecular complexity index is 1690. The van der Waals surface area contributed by atoms with Gasteiger partial charge in [-0.3, -0.25) is 19.3 Å². The maximum Gasteiger partial charge on any atom is 0.352 e. The predicted octanol–water partition coefficient (Wildman–Crippen LogP) is 1.61. The van der Waals surface area contributed by atoms with Crippen LogP contribution in [0.3, 0.4) is 0 Å².